The van der Waals surface area contributed by atoms with Crippen molar-refractivity contribution < 1.29 is 13.2 Å². The third kappa shape index (κ3) is 3.44. The monoisotopic (exact) mass is 345 g/mol. The number of nitrogens with two attached hydrogens (primary N) is 1. The molecule has 2 aromatic rings. The van der Waals surface area contributed by atoms with E-state index in [9.17, 15) is 18.5 Å². The van der Waals surface area contributed by atoms with Crippen molar-refractivity contribution in [2.45, 2.75) is 18.7 Å². The van der Waals surface area contributed by atoms with Crippen LogP contribution in [0.2, 0.25) is 0 Å². The Hall–Kier alpha value is -3.12. The van der Waals surface area contributed by atoms with Gasteiger partial charge in [-0.15, -0.1) is 0 Å². The number of primary amides is 1. The van der Waals surface area contributed by atoms with Gasteiger partial charge in [-0.3, -0.25) is 0 Å². The molecular formula is C15H15N5O3S. The maximum Gasteiger partial charge on any atom is 0.332 e. The number of carbonyl (C=O) groups excluding carboxylic acids is 1. The lowest BCUT2D eigenvalue weighted by Gasteiger charge is -2.07. The molecule has 0 saturated carbocycles. The van der Waals surface area contributed by atoms with E-state index < -0.39 is 16.1 Å². The molecule has 0 atom stereocenters. The van der Waals surface area contributed by atoms with Gasteiger partial charge in [0.2, 0.25) is 0 Å². The number of hydrogen-bond donors (Lipinski definition) is 2. The number of hydrazone groups is 1. The molecule has 0 aliphatic heterocycles. The van der Waals surface area contributed by atoms with E-state index in [2.05, 4.69) is 10.5 Å². The quantitative estimate of drug-likeness (QED) is 0.638. The van der Waals surface area contributed by atoms with Crippen LogP contribution in [0, 0.1) is 18.3 Å². The maximum atomic E-state index is 12.7. The minimum Gasteiger partial charge on any atom is -0.350 e. The topological polar surface area (TPSA) is 130 Å². The summed E-state index contributed by atoms with van der Waals surface area (Å²) in [6.45, 7) is 3.39. The third-order valence-corrected chi connectivity index (χ3v) is 4.92. The van der Waals surface area contributed by atoms with Crippen LogP contribution in [0.15, 0.2) is 46.5 Å². The van der Waals surface area contributed by atoms with Crippen molar-refractivity contribution >= 4 is 21.8 Å². The minimum absolute atomic E-state index is 0.0663. The molecule has 3 N–H and O–H groups in total. The lowest BCUT2D eigenvalue weighted by Crippen LogP contribution is -2.25. The van der Waals surface area contributed by atoms with Crippen LogP contribution in [0.3, 0.4) is 0 Å². The highest BCUT2D eigenvalue weighted by atomic mass is 32.2. The highest BCUT2D eigenvalue weighted by Crippen LogP contribution is 2.19. The number of carbonyl (C=O) groups is 1. The first-order chi connectivity index (χ1) is 11.3. The van der Waals surface area contributed by atoms with E-state index in [-0.39, 0.29) is 10.6 Å². The molecule has 1 aromatic heterocycles. The van der Waals surface area contributed by atoms with Gasteiger partial charge >= 0.3 is 6.03 Å². The van der Waals surface area contributed by atoms with Crippen molar-refractivity contribution in [3.05, 3.63) is 53.3 Å². The summed E-state index contributed by atoms with van der Waals surface area (Å²) in [5.74, 6) is 0. The molecule has 0 spiro atoms. The number of hydrogen-bond acceptors (Lipinski definition) is 5. The highest BCUT2D eigenvalue weighted by Gasteiger charge is 2.21. The van der Waals surface area contributed by atoms with Crippen LogP contribution in [0.1, 0.15) is 23.7 Å². The Morgan fingerprint density at radius 2 is 1.96 bits per heavy atom. The number of amides is 2. The van der Waals surface area contributed by atoms with Crippen LogP contribution in [0.4, 0.5) is 4.79 Å². The standard InChI is InChI=1S/C15H15N5O3S/c1-10-3-5-14(6-4-10)24(22,23)20-9-12(7-13(20)8-16)11(2)18-19-15(17)21/h3-7,9H,1-2H3,(H3,17,19,21)/b18-11+. The lowest BCUT2D eigenvalue weighted by atomic mass is 10.2. The van der Waals surface area contributed by atoms with E-state index in [1.807, 2.05) is 13.0 Å². The van der Waals surface area contributed by atoms with Gasteiger partial charge in [-0.2, -0.15) is 10.4 Å². The van der Waals surface area contributed by atoms with Crippen LogP contribution in [-0.4, -0.2) is 24.1 Å². The average Bonchev–Trinajstić information content (AvgIpc) is 2.98. The Morgan fingerprint density at radius 1 is 1.33 bits per heavy atom. The molecular weight excluding hydrogens is 330 g/mol. The molecule has 0 bridgehead atoms. The van der Waals surface area contributed by atoms with E-state index in [1.54, 1.807) is 19.1 Å². The lowest BCUT2D eigenvalue weighted by molar-refractivity contribution is 0.249. The summed E-state index contributed by atoms with van der Waals surface area (Å²) in [6.07, 6.45) is 1.27. The van der Waals surface area contributed by atoms with Gasteiger partial charge in [0.1, 0.15) is 11.8 Å². The summed E-state index contributed by atoms with van der Waals surface area (Å²) in [5, 5.41) is 12.9. The zero-order chi connectivity index (χ0) is 17.9. The summed E-state index contributed by atoms with van der Waals surface area (Å²) in [7, 11) is -3.92. The van der Waals surface area contributed by atoms with Crippen LogP contribution in [-0.2, 0) is 10.0 Å². The molecule has 124 valence electrons. The molecule has 9 heteroatoms. The van der Waals surface area contributed by atoms with Gasteiger partial charge < -0.3 is 5.73 Å². The van der Waals surface area contributed by atoms with Crippen LogP contribution >= 0.6 is 0 Å². The van der Waals surface area contributed by atoms with E-state index in [0.29, 0.717) is 11.3 Å². The number of nitrogens with one attached hydrogen (secondary N) is 1. The number of urea groups is 1. The second-order valence-corrected chi connectivity index (χ2v) is 6.83. The van der Waals surface area contributed by atoms with Gasteiger partial charge in [-0.25, -0.2) is 22.6 Å². The van der Waals surface area contributed by atoms with Crippen molar-refractivity contribution in [1.29, 1.82) is 5.26 Å². The smallest absolute Gasteiger partial charge is 0.332 e. The SMILES string of the molecule is C/C(=N\NC(N)=O)c1cc(C#N)n(S(=O)(=O)c2ccc(C)cc2)c1. The van der Waals surface area contributed by atoms with Gasteiger partial charge in [-0.05, 0) is 32.0 Å². The number of aryl methyl sites for hydroxylation is 1. The Labute approximate surface area is 139 Å². The van der Waals surface area contributed by atoms with Crippen LogP contribution < -0.4 is 11.2 Å². The molecule has 1 heterocycles. The highest BCUT2D eigenvalue weighted by molar-refractivity contribution is 7.90. The molecule has 0 radical (unpaired) electrons. The molecule has 1 aromatic carbocycles. The van der Waals surface area contributed by atoms with Gasteiger partial charge in [0, 0.05) is 11.8 Å². The molecule has 0 saturated heterocycles. The Bertz CT molecular complexity index is 950. The summed E-state index contributed by atoms with van der Waals surface area (Å²) in [6, 6.07) is 8.66. The predicted octanol–water partition coefficient (Wildman–Crippen LogP) is 1.30. The summed E-state index contributed by atoms with van der Waals surface area (Å²) in [5.41, 5.74) is 8.51. The van der Waals surface area contributed by atoms with E-state index >= 15 is 0 Å². The number of aromatic nitrogens is 1. The predicted molar refractivity (Wildman–Crippen MR) is 87.8 cm³/mol. The molecule has 0 aliphatic carbocycles. The number of benzene rings is 1. The fraction of sp³-hybridized carbons (Fsp3) is 0.133. The molecule has 24 heavy (non-hydrogen) atoms. The molecule has 0 unspecified atom stereocenters. The molecule has 2 amide bonds. The molecule has 0 fully saturated rings. The van der Waals surface area contributed by atoms with Gasteiger partial charge in [-0.1, -0.05) is 17.7 Å². The largest absolute Gasteiger partial charge is 0.350 e. The van der Waals surface area contributed by atoms with Gasteiger partial charge in [0.25, 0.3) is 10.0 Å². The summed E-state index contributed by atoms with van der Waals surface area (Å²) in [4.78, 5) is 10.8. The first kappa shape index (κ1) is 17.2. The number of nitrogens with zero attached hydrogens (tertiary/aromatic N) is 3. The Morgan fingerprint density at radius 3 is 2.50 bits per heavy atom. The zero-order valence-corrected chi connectivity index (χ0v) is 13.8. The maximum absolute atomic E-state index is 12.7. The van der Waals surface area contributed by atoms with Crippen molar-refractivity contribution in [2.24, 2.45) is 10.8 Å². The normalized spacial score (nSPS) is 11.8. The third-order valence-electron chi connectivity index (χ3n) is 3.23. The van der Waals surface area contributed by atoms with Gasteiger partial charge in [0.15, 0.2) is 0 Å². The van der Waals surface area contributed by atoms with E-state index in [4.69, 9.17) is 5.73 Å². The van der Waals surface area contributed by atoms with Crippen LogP contribution in [0.5, 0.6) is 0 Å². The Kier molecular flexibility index (Phi) is 4.71. The average molecular weight is 345 g/mol. The summed E-state index contributed by atoms with van der Waals surface area (Å²) >= 11 is 0. The van der Waals surface area contributed by atoms with Crippen molar-refractivity contribution in [1.82, 2.24) is 9.40 Å². The van der Waals surface area contributed by atoms with Crippen LogP contribution in [0.25, 0.3) is 0 Å². The second-order valence-electron chi connectivity index (χ2n) is 5.01. The first-order valence-electron chi connectivity index (χ1n) is 6.80. The van der Waals surface area contributed by atoms with Gasteiger partial charge in [0.05, 0.1) is 10.6 Å². The fourth-order valence-electron chi connectivity index (χ4n) is 1.95. The zero-order valence-electron chi connectivity index (χ0n) is 13.0. The minimum atomic E-state index is -3.92. The molecule has 2 rings (SSSR count). The second kappa shape index (κ2) is 6.55. The summed E-state index contributed by atoms with van der Waals surface area (Å²) < 4.78 is 26.3. The fourth-order valence-corrected chi connectivity index (χ4v) is 3.26. The molecule has 0 aliphatic rings. The van der Waals surface area contributed by atoms with Crippen molar-refractivity contribution in [2.75, 3.05) is 0 Å². The van der Waals surface area contributed by atoms with Crippen molar-refractivity contribution in [3.8, 4) is 6.07 Å². The Balaban J connectivity index is 2.51. The van der Waals surface area contributed by atoms with Crippen molar-refractivity contribution in [3.63, 3.8) is 0 Å². The molecule has 8 nitrogen and oxygen atoms in total. The first-order valence-corrected chi connectivity index (χ1v) is 8.24. The van der Waals surface area contributed by atoms with E-state index in [1.165, 1.54) is 24.4 Å². The van der Waals surface area contributed by atoms with E-state index in [0.717, 1.165) is 9.54 Å². The number of nitriles is 1. The number of rotatable bonds is 4.